The van der Waals surface area contributed by atoms with Crippen LogP contribution in [0.5, 0.6) is 0 Å². The Labute approximate surface area is 122 Å². The summed E-state index contributed by atoms with van der Waals surface area (Å²) in [7, 11) is 0. The molecular formula is C16H14ClFN2. The summed E-state index contributed by atoms with van der Waals surface area (Å²) in [6.07, 6.45) is 0. The zero-order valence-electron chi connectivity index (χ0n) is 11.0. The predicted octanol–water partition coefficient (Wildman–Crippen LogP) is 4.20. The van der Waals surface area contributed by atoms with Crippen LogP contribution in [0.25, 0.3) is 0 Å². The molecule has 2 aromatic carbocycles. The summed E-state index contributed by atoms with van der Waals surface area (Å²) in [6, 6.07) is 13.8. The van der Waals surface area contributed by atoms with E-state index < -0.39 is 0 Å². The third-order valence-corrected chi connectivity index (χ3v) is 3.50. The molecule has 1 unspecified atom stereocenters. The third kappa shape index (κ3) is 3.36. The zero-order chi connectivity index (χ0) is 14.5. The van der Waals surface area contributed by atoms with Crippen molar-refractivity contribution in [1.82, 2.24) is 5.32 Å². The van der Waals surface area contributed by atoms with Crippen molar-refractivity contribution in [1.29, 1.82) is 5.26 Å². The van der Waals surface area contributed by atoms with Crippen LogP contribution in [0.4, 0.5) is 4.39 Å². The van der Waals surface area contributed by atoms with Crippen molar-refractivity contribution in [2.45, 2.75) is 19.5 Å². The first-order valence-electron chi connectivity index (χ1n) is 6.28. The van der Waals surface area contributed by atoms with E-state index >= 15 is 0 Å². The zero-order valence-corrected chi connectivity index (χ0v) is 11.8. The monoisotopic (exact) mass is 288 g/mol. The third-order valence-electron chi connectivity index (χ3n) is 3.15. The van der Waals surface area contributed by atoms with Gasteiger partial charge in [0.15, 0.2) is 0 Å². The maximum Gasteiger partial charge on any atom is 0.127 e. The van der Waals surface area contributed by atoms with Gasteiger partial charge >= 0.3 is 0 Å². The fourth-order valence-electron chi connectivity index (χ4n) is 1.96. The molecule has 0 saturated heterocycles. The van der Waals surface area contributed by atoms with Gasteiger partial charge in [-0.3, -0.25) is 0 Å². The van der Waals surface area contributed by atoms with E-state index in [1.807, 2.05) is 25.1 Å². The summed E-state index contributed by atoms with van der Waals surface area (Å²) >= 11 is 6.10. The average molecular weight is 289 g/mol. The highest BCUT2D eigenvalue weighted by molar-refractivity contribution is 6.31. The molecule has 0 aliphatic rings. The van der Waals surface area contributed by atoms with Gasteiger partial charge in [-0.25, -0.2) is 4.39 Å². The fraction of sp³-hybridized carbons (Fsp3) is 0.188. The Kier molecular flexibility index (Phi) is 4.73. The van der Waals surface area contributed by atoms with Crippen molar-refractivity contribution in [2.75, 3.05) is 0 Å². The Morgan fingerprint density at radius 1 is 1.30 bits per heavy atom. The minimum atomic E-state index is -0.224. The molecule has 0 radical (unpaired) electrons. The van der Waals surface area contributed by atoms with Crippen molar-refractivity contribution >= 4 is 11.6 Å². The summed E-state index contributed by atoms with van der Waals surface area (Å²) in [4.78, 5) is 0. The molecule has 1 N–H and O–H groups in total. The number of halogens is 2. The molecule has 0 amide bonds. The summed E-state index contributed by atoms with van der Waals surface area (Å²) in [6.45, 7) is 2.41. The maximum absolute atomic E-state index is 13.6. The molecule has 0 aliphatic carbocycles. The van der Waals surface area contributed by atoms with E-state index in [2.05, 4.69) is 5.32 Å². The molecule has 0 heterocycles. The van der Waals surface area contributed by atoms with E-state index in [1.54, 1.807) is 24.3 Å². The van der Waals surface area contributed by atoms with Crippen LogP contribution in [0.15, 0.2) is 42.5 Å². The normalized spacial score (nSPS) is 11.9. The first-order valence-corrected chi connectivity index (χ1v) is 6.66. The molecule has 0 aromatic heterocycles. The molecule has 0 aliphatic heterocycles. The van der Waals surface area contributed by atoms with Gasteiger partial charge in [-0.05, 0) is 30.7 Å². The van der Waals surface area contributed by atoms with Gasteiger partial charge in [-0.2, -0.15) is 5.26 Å². The van der Waals surface area contributed by atoms with Gasteiger partial charge in [-0.1, -0.05) is 35.9 Å². The smallest absolute Gasteiger partial charge is 0.127 e. The lowest BCUT2D eigenvalue weighted by Gasteiger charge is -2.15. The highest BCUT2D eigenvalue weighted by atomic mass is 35.5. The van der Waals surface area contributed by atoms with E-state index in [4.69, 9.17) is 16.9 Å². The number of nitriles is 1. The second kappa shape index (κ2) is 6.51. The first kappa shape index (κ1) is 14.5. The Balaban J connectivity index is 2.06. The van der Waals surface area contributed by atoms with Crippen molar-refractivity contribution in [3.63, 3.8) is 0 Å². The topological polar surface area (TPSA) is 35.8 Å². The van der Waals surface area contributed by atoms with E-state index in [0.29, 0.717) is 22.7 Å². The lowest BCUT2D eigenvalue weighted by molar-refractivity contribution is 0.528. The highest BCUT2D eigenvalue weighted by Gasteiger charge is 2.10. The van der Waals surface area contributed by atoms with Crippen LogP contribution in [0, 0.1) is 17.1 Å². The number of rotatable bonds is 4. The van der Waals surface area contributed by atoms with Gasteiger partial charge in [0.1, 0.15) is 5.82 Å². The van der Waals surface area contributed by atoms with Crippen LogP contribution in [-0.4, -0.2) is 0 Å². The average Bonchev–Trinajstić information content (AvgIpc) is 2.46. The molecule has 0 spiro atoms. The molecule has 1 atom stereocenters. The maximum atomic E-state index is 13.6. The lowest BCUT2D eigenvalue weighted by Crippen LogP contribution is -2.19. The quantitative estimate of drug-likeness (QED) is 0.915. The van der Waals surface area contributed by atoms with Crippen molar-refractivity contribution in [2.24, 2.45) is 0 Å². The van der Waals surface area contributed by atoms with Gasteiger partial charge < -0.3 is 5.32 Å². The predicted molar refractivity (Wildman–Crippen MR) is 77.8 cm³/mol. The number of hydrogen-bond donors (Lipinski definition) is 1. The highest BCUT2D eigenvalue weighted by Crippen LogP contribution is 2.20. The summed E-state index contributed by atoms with van der Waals surface area (Å²) in [5.41, 5.74) is 2.03. The first-order chi connectivity index (χ1) is 9.61. The molecule has 20 heavy (non-hydrogen) atoms. The van der Waals surface area contributed by atoms with E-state index in [9.17, 15) is 4.39 Å². The van der Waals surface area contributed by atoms with Crippen LogP contribution in [0.2, 0.25) is 5.02 Å². The standard InChI is InChI=1S/C16H14ClFN2/c1-11(14-4-2-3-5-16(14)18)20-10-13-7-6-12(9-19)8-15(13)17/h2-8,11,20H,10H2,1H3. The molecule has 0 saturated carbocycles. The molecule has 102 valence electrons. The SMILES string of the molecule is CC(NCc1ccc(C#N)cc1Cl)c1ccccc1F. The summed E-state index contributed by atoms with van der Waals surface area (Å²) in [5, 5.41) is 12.6. The molecule has 4 heteroatoms. The van der Waals surface area contributed by atoms with E-state index in [0.717, 1.165) is 5.56 Å². The summed E-state index contributed by atoms with van der Waals surface area (Å²) < 4.78 is 13.6. The Morgan fingerprint density at radius 3 is 2.70 bits per heavy atom. The van der Waals surface area contributed by atoms with Crippen LogP contribution in [0.3, 0.4) is 0 Å². The minimum Gasteiger partial charge on any atom is -0.306 e. The van der Waals surface area contributed by atoms with Gasteiger partial charge in [0.2, 0.25) is 0 Å². The second-order valence-electron chi connectivity index (χ2n) is 4.54. The fourth-order valence-corrected chi connectivity index (χ4v) is 2.21. The molecular weight excluding hydrogens is 275 g/mol. The van der Waals surface area contributed by atoms with Crippen molar-refractivity contribution in [3.8, 4) is 6.07 Å². The lowest BCUT2D eigenvalue weighted by atomic mass is 10.1. The van der Waals surface area contributed by atoms with Crippen LogP contribution in [0.1, 0.15) is 29.7 Å². The molecule has 2 aromatic rings. The van der Waals surface area contributed by atoms with Gasteiger partial charge in [-0.15, -0.1) is 0 Å². The largest absolute Gasteiger partial charge is 0.306 e. The number of benzene rings is 2. The Hall–Kier alpha value is -1.89. The number of nitrogens with one attached hydrogen (secondary N) is 1. The molecule has 2 rings (SSSR count). The molecule has 0 bridgehead atoms. The number of nitrogens with zero attached hydrogens (tertiary/aromatic N) is 1. The summed E-state index contributed by atoms with van der Waals surface area (Å²) in [5.74, 6) is -0.224. The van der Waals surface area contributed by atoms with Gasteiger partial charge in [0, 0.05) is 23.2 Å². The van der Waals surface area contributed by atoms with Gasteiger partial charge in [0.25, 0.3) is 0 Å². The number of hydrogen-bond acceptors (Lipinski definition) is 2. The van der Waals surface area contributed by atoms with Crippen molar-refractivity contribution < 1.29 is 4.39 Å². The van der Waals surface area contributed by atoms with Crippen molar-refractivity contribution in [3.05, 3.63) is 70.0 Å². The van der Waals surface area contributed by atoms with Crippen LogP contribution < -0.4 is 5.32 Å². The Bertz CT molecular complexity index is 649. The Morgan fingerprint density at radius 2 is 2.05 bits per heavy atom. The second-order valence-corrected chi connectivity index (χ2v) is 4.95. The van der Waals surface area contributed by atoms with Crippen LogP contribution in [-0.2, 0) is 6.54 Å². The van der Waals surface area contributed by atoms with Crippen LogP contribution >= 0.6 is 11.6 Å². The molecule has 2 nitrogen and oxygen atoms in total. The van der Waals surface area contributed by atoms with E-state index in [-0.39, 0.29) is 11.9 Å². The van der Waals surface area contributed by atoms with Gasteiger partial charge in [0.05, 0.1) is 11.6 Å². The van der Waals surface area contributed by atoms with E-state index in [1.165, 1.54) is 6.07 Å². The molecule has 0 fully saturated rings. The minimum absolute atomic E-state index is 0.122.